The molecule has 0 radical (unpaired) electrons. The van der Waals surface area contributed by atoms with Crippen molar-refractivity contribution in [2.24, 2.45) is 0 Å². The Kier molecular flexibility index (Phi) is 8.26. The van der Waals surface area contributed by atoms with Gasteiger partial charge in [0.05, 0.1) is 35.9 Å². The summed E-state index contributed by atoms with van der Waals surface area (Å²) in [6.07, 6.45) is 3.20. The second-order valence-electron chi connectivity index (χ2n) is 9.16. The molecule has 0 bridgehead atoms. The molecular weight excluding hydrogens is 513 g/mol. The smallest absolute Gasteiger partial charge is 0.259 e. The van der Waals surface area contributed by atoms with Gasteiger partial charge in [-0.15, -0.1) is 0 Å². The number of rotatable bonds is 8. The minimum absolute atomic E-state index is 0.142. The lowest BCUT2D eigenvalue weighted by molar-refractivity contribution is 0.102. The number of aromatic nitrogens is 2. The molecule has 5 rings (SSSR count). The Balaban J connectivity index is 1.28. The summed E-state index contributed by atoms with van der Waals surface area (Å²) < 4.78 is 25.5. The summed E-state index contributed by atoms with van der Waals surface area (Å²) in [7, 11) is 0. The van der Waals surface area contributed by atoms with Crippen molar-refractivity contribution in [1.82, 2.24) is 9.97 Å². The van der Waals surface area contributed by atoms with Crippen LogP contribution in [0.25, 0.3) is 0 Å². The first-order valence-corrected chi connectivity index (χ1v) is 12.8. The van der Waals surface area contributed by atoms with Crippen LogP contribution in [0.3, 0.4) is 0 Å². The number of hydrogen-bond donors (Lipinski definition) is 2. The van der Waals surface area contributed by atoms with Gasteiger partial charge in [0, 0.05) is 42.4 Å². The van der Waals surface area contributed by atoms with Crippen molar-refractivity contribution in [1.29, 1.82) is 0 Å². The Labute approximate surface area is 231 Å². The first kappa shape index (κ1) is 26.8. The highest BCUT2D eigenvalue weighted by Gasteiger charge is 2.20. The van der Waals surface area contributed by atoms with Gasteiger partial charge in [0.1, 0.15) is 18.2 Å². The van der Waals surface area contributed by atoms with Crippen LogP contribution in [0.1, 0.15) is 32.1 Å². The zero-order valence-electron chi connectivity index (χ0n) is 21.9. The average Bonchev–Trinajstić information content (AvgIpc) is 2.97. The fourth-order valence-corrected chi connectivity index (χ4v) is 4.33. The van der Waals surface area contributed by atoms with E-state index in [1.165, 1.54) is 24.4 Å². The number of halogens is 1. The molecule has 2 N–H and O–H groups in total. The van der Waals surface area contributed by atoms with E-state index in [1.807, 2.05) is 23.1 Å². The van der Waals surface area contributed by atoms with E-state index in [0.717, 1.165) is 5.69 Å². The van der Waals surface area contributed by atoms with Crippen LogP contribution >= 0.6 is 0 Å². The predicted molar refractivity (Wildman–Crippen MR) is 149 cm³/mol. The number of aryl methyl sites for hydroxylation is 1. The SMILES string of the molecule is Cc1nccc(NC(=O)c2cc(F)cc(N3CCOCC3)c2)c1C(=O)Nc1ccc(OCc2ccccn2)cc1. The first-order chi connectivity index (χ1) is 19.5. The van der Waals surface area contributed by atoms with Crippen LogP contribution in [0, 0.1) is 12.7 Å². The Morgan fingerprint density at radius 2 is 1.75 bits per heavy atom. The molecular formula is C30H28FN5O4. The summed E-state index contributed by atoms with van der Waals surface area (Å²) in [6.45, 7) is 4.29. The van der Waals surface area contributed by atoms with Gasteiger partial charge in [0.25, 0.3) is 11.8 Å². The normalized spacial score (nSPS) is 13.0. The molecule has 1 aliphatic rings. The van der Waals surface area contributed by atoms with E-state index >= 15 is 0 Å². The molecule has 1 aliphatic heterocycles. The number of anilines is 3. The second-order valence-corrected chi connectivity index (χ2v) is 9.16. The third kappa shape index (κ3) is 6.59. The van der Waals surface area contributed by atoms with E-state index in [2.05, 4.69) is 20.6 Å². The maximum absolute atomic E-state index is 14.4. The maximum atomic E-state index is 14.4. The third-order valence-electron chi connectivity index (χ3n) is 6.36. The number of morpholine rings is 1. The largest absolute Gasteiger partial charge is 0.487 e. The van der Waals surface area contributed by atoms with Crippen LogP contribution < -0.4 is 20.3 Å². The van der Waals surface area contributed by atoms with Crippen molar-refractivity contribution in [2.45, 2.75) is 13.5 Å². The van der Waals surface area contributed by atoms with Crippen molar-refractivity contribution in [3.63, 3.8) is 0 Å². The molecule has 0 unspecified atom stereocenters. The minimum atomic E-state index is -0.539. The molecule has 0 spiro atoms. The summed E-state index contributed by atoms with van der Waals surface area (Å²) in [5.74, 6) is -0.884. The maximum Gasteiger partial charge on any atom is 0.259 e. The van der Waals surface area contributed by atoms with Gasteiger partial charge in [-0.3, -0.25) is 19.6 Å². The van der Waals surface area contributed by atoms with Gasteiger partial charge < -0.3 is 25.0 Å². The number of pyridine rings is 2. The lowest BCUT2D eigenvalue weighted by Crippen LogP contribution is -2.36. The number of carbonyl (C=O) groups excluding carboxylic acids is 2. The number of nitrogens with zero attached hydrogens (tertiary/aromatic N) is 3. The van der Waals surface area contributed by atoms with Crippen LogP contribution in [0.4, 0.5) is 21.5 Å². The molecule has 10 heteroatoms. The standard InChI is InChI=1S/C30H28FN5O4/c1-20-28(30(38)34-23-5-7-26(8-6-23)40-19-24-4-2-3-10-33-24)27(9-11-32-20)35-29(37)21-16-22(31)18-25(17-21)36-12-14-39-15-13-36/h2-11,16-18H,12-15,19H2,1H3,(H,34,38)(H,32,35,37). The second kappa shape index (κ2) is 12.4. The number of carbonyl (C=O) groups is 2. The van der Waals surface area contributed by atoms with Crippen molar-refractivity contribution < 1.29 is 23.5 Å². The van der Waals surface area contributed by atoms with Gasteiger partial charge in [-0.05, 0) is 67.6 Å². The van der Waals surface area contributed by atoms with Crippen LogP contribution in [0.2, 0.25) is 0 Å². The molecule has 2 aromatic heterocycles. The molecule has 4 aromatic rings. The van der Waals surface area contributed by atoms with Gasteiger partial charge in [-0.2, -0.15) is 0 Å². The van der Waals surface area contributed by atoms with E-state index in [4.69, 9.17) is 9.47 Å². The molecule has 204 valence electrons. The summed E-state index contributed by atoms with van der Waals surface area (Å²) in [5.41, 5.74) is 2.99. The number of benzene rings is 2. The molecule has 0 saturated carbocycles. The highest BCUT2D eigenvalue weighted by atomic mass is 19.1. The molecule has 0 atom stereocenters. The third-order valence-corrected chi connectivity index (χ3v) is 6.36. The van der Waals surface area contributed by atoms with Gasteiger partial charge in [0.2, 0.25) is 0 Å². The molecule has 9 nitrogen and oxygen atoms in total. The van der Waals surface area contributed by atoms with Crippen LogP contribution in [0.5, 0.6) is 5.75 Å². The fourth-order valence-electron chi connectivity index (χ4n) is 4.33. The first-order valence-electron chi connectivity index (χ1n) is 12.8. The number of amides is 2. The van der Waals surface area contributed by atoms with Gasteiger partial charge in [-0.25, -0.2) is 4.39 Å². The summed E-state index contributed by atoms with van der Waals surface area (Å²) in [4.78, 5) is 36.8. The van der Waals surface area contributed by atoms with Crippen LogP contribution in [0.15, 0.2) is 79.1 Å². The Bertz CT molecular complexity index is 1490. The highest BCUT2D eigenvalue weighted by Crippen LogP contribution is 2.24. The Hall–Kier alpha value is -4.83. The fraction of sp³-hybridized carbons (Fsp3) is 0.200. The summed E-state index contributed by atoms with van der Waals surface area (Å²) in [5, 5.41) is 5.60. The molecule has 3 heterocycles. The predicted octanol–water partition coefficient (Wildman–Crippen LogP) is 4.84. The number of hydrogen-bond acceptors (Lipinski definition) is 7. The molecule has 0 aliphatic carbocycles. The zero-order chi connectivity index (χ0) is 27.9. The molecule has 1 saturated heterocycles. The van der Waals surface area contributed by atoms with E-state index in [0.29, 0.717) is 55.7 Å². The number of nitrogens with one attached hydrogen (secondary N) is 2. The summed E-state index contributed by atoms with van der Waals surface area (Å²) >= 11 is 0. The van der Waals surface area contributed by atoms with Crippen molar-refractivity contribution in [2.75, 3.05) is 41.8 Å². The van der Waals surface area contributed by atoms with Gasteiger partial charge >= 0.3 is 0 Å². The van der Waals surface area contributed by atoms with Crippen molar-refractivity contribution >= 4 is 28.9 Å². The van der Waals surface area contributed by atoms with Gasteiger partial charge in [-0.1, -0.05) is 6.07 Å². The molecule has 2 aromatic carbocycles. The van der Waals surface area contributed by atoms with E-state index < -0.39 is 17.6 Å². The van der Waals surface area contributed by atoms with E-state index in [1.54, 1.807) is 43.5 Å². The van der Waals surface area contributed by atoms with Crippen molar-refractivity contribution in [3.8, 4) is 5.75 Å². The van der Waals surface area contributed by atoms with E-state index in [9.17, 15) is 14.0 Å². The van der Waals surface area contributed by atoms with E-state index in [-0.39, 0.29) is 16.8 Å². The average molecular weight is 542 g/mol. The lowest BCUT2D eigenvalue weighted by atomic mass is 10.1. The topological polar surface area (TPSA) is 106 Å². The number of ether oxygens (including phenoxy) is 2. The summed E-state index contributed by atoms with van der Waals surface area (Å²) in [6, 6.07) is 18.3. The molecule has 2 amide bonds. The Morgan fingerprint density at radius 3 is 2.50 bits per heavy atom. The Morgan fingerprint density at radius 1 is 0.950 bits per heavy atom. The minimum Gasteiger partial charge on any atom is -0.487 e. The molecule has 40 heavy (non-hydrogen) atoms. The van der Waals surface area contributed by atoms with Gasteiger partial charge in [0.15, 0.2) is 0 Å². The van der Waals surface area contributed by atoms with Crippen LogP contribution in [-0.4, -0.2) is 48.1 Å². The van der Waals surface area contributed by atoms with Crippen LogP contribution in [-0.2, 0) is 11.3 Å². The quantitative estimate of drug-likeness (QED) is 0.329. The molecule has 1 fully saturated rings. The lowest BCUT2D eigenvalue weighted by Gasteiger charge is -2.29. The van der Waals surface area contributed by atoms with Crippen molar-refractivity contribution in [3.05, 3.63) is 107 Å². The highest BCUT2D eigenvalue weighted by molar-refractivity contribution is 6.13. The zero-order valence-corrected chi connectivity index (χ0v) is 21.9. The monoisotopic (exact) mass is 541 g/mol.